The Morgan fingerprint density at radius 1 is 1.32 bits per heavy atom. The smallest absolute Gasteiger partial charge is 0.137 e. The van der Waals surface area contributed by atoms with Crippen molar-refractivity contribution in [2.75, 3.05) is 0 Å². The van der Waals surface area contributed by atoms with E-state index in [2.05, 4.69) is 6.92 Å². The number of aliphatic hydroxyl groups excluding tert-OH is 1. The summed E-state index contributed by atoms with van der Waals surface area (Å²) < 4.78 is 18.8. The molecule has 2 nitrogen and oxygen atoms in total. The molecule has 3 atom stereocenters. The van der Waals surface area contributed by atoms with Crippen LogP contribution in [0.3, 0.4) is 0 Å². The van der Waals surface area contributed by atoms with Crippen LogP contribution in [0, 0.1) is 18.7 Å². The molecule has 1 aromatic carbocycles. The molecule has 0 saturated heterocycles. The second-order valence-corrected chi connectivity index (χ2v) is 5.46. The van der Waals surface area contributed by atoms with Crippen molar-refractivity contribution in [1.29, 1.82) is 0 Å². The lowest BCUT2D eigenvalue weighted by molar-refractivity contribution is 0.186. The number of hydrogen-bond donors (Lipinski definition) is 1. The topological polar surface area (TPSA) is 33.4 Å². The van der Waals surface area contributed by atoms with Crippen LogP contribution in [-0.2, 0) is 0 Å². The van der Waals surface area contributed by atoms with Gasteiger partial charge in [-0.1, -0.05) is 13.0 Å². The van der Waals surface area contributed by atoms with Crippen molar-refractivity contribution in [3.8, 4) is 0 Å². The normalized spacial score (nSPS) is 23.4. The molecule has 1 aliphatic carbocycles. The van der Waals surface area contributed by atoms with Crippen molar-refractivity contribution in [2.45, 2.75) is 32.3 Å². The molecule has 1 aliphatic rings. The van der Waals surface area contributed by atoms with Crippen molar-refractivity contribution < 1.29 is 13.9 Å². The fourth-order valence-electron chi connectivity index (χ4n) is 2.53. The lowest BCUT2D eigenvalue weighted by Gasteiger charge is -2.11. The van der Waals surface area contributed by atoms with Gasteiger partial charge in [0, 0.05) is 5.92 Å². The van der Waals surface area contributed by atoms with Crippen molar-refractivity contribution >= 4 is 0 Å². The van der Waals surface area contributed by atoms with E-state index in [9.17, 15) is 9.50 Å². The standard InChI is InChI=1S/C16H17FO2/c1-9-7-11(17)3-4-12(9)16(18)15-6-5-14(19-15)13-8-10(13)2/h3-7,10,13,16,18H,8H2,1-2H3. The van der Waals surface area contributed by atoms with Crippen molar-refractivity contribution in [2.24, 2.45) is 5.92 Å². The van der Waals surface area contributed by atoms with Gasteiger partial charge in [-0.2, -0.15) is 0 Å². The van der Waals surface area contributed by atoms with E-state index in [0.29, 0.717) is 23.2 Å². The first-order valence-corrected chi connectivity index (χ1v) is 6.60. The maximum absolute atomic E-state index is 13.1. The molecule has 0 radical (unpaired) electrons. The summed E-state index contributed by atoms with van der Waals surface area (Å²) in [7, 11) is 0. The first-order chi connectivity index (χ1) is 9.06. The molecule has 1 N–H and O–H groups in total. The van der Waals surface area contributed by atoms with Crippen molar-refractivity contribution in [1.82, 2.24) is 0 Å². The second-order valence-electron chi connectivity index (χ2n) is 5.46. The maximum atomic E-state index is 13.1. The first-order valence-electron chi connectivity index (χ1n) is 6.60. The SMILES string of the molecule is Cc1cc(F)ccc1C(O)c1ccc(C2CC2C)o1. The van der Waals surface area contributed by atoms with Crippen LogP contribution < -0.4 is 0 Å². The molecule has 3 unspecified atom stereocenters. The minimum Gasteiger partial charge on any atom is -0.463 e. The number of rotatable bonds is 3. The molecule has 3 heteroatoms. The van der Waals surface area contributed by atoms with Gasteiger partial charge in [0.05, 0.1) is 0 Å². The summed E-state index contributed by atoms with van der Waals surface area (Å²) in [5.41, 5.74) is 1.41. The molecule has 19 heavy (non-hydrogen) atoms. The third-order valence-electron chi connectivity index (χ3n) is 3.92. The van der Waals surface area contributed by atoms with E-state index < -0.39 is 6.10 Å². The predicted molar refractivity (Wildman–Crippen MR) is 70.4 cm³/mol. The Balaban J connectivity index is 1.86. The summed E-state index contributed by atoms with van der Waals surface area (Å²) in [6, 6.07) is 8.14. The molecular formula is C16H17FO2. The summed E-state index contributed by atoms with van der Waals surface area (Å²) in [6.45, 7) is 3.97. The molecule has 3 rings (SSSR count). The lowest BCUT2D eigenvalue weighted by atomic mass is 10.0. The zero-order valence-corrected chi connectivity index (χ0v) is 11.1. The van der Waals surface area contributed by atoms with Crippen LogP contribution in [0.25, 0.3) is 0 Å². The molecule has 2 aromatic rings. The molecule has 0 amide bonds. The van der Waals surface area contributed by atoms with Gasteiger partial charge in [0.15, 0.2) is 0 Å². The maximum Gasteiger partial charge on any atom is 0.137 e. The van der Waals surface area contributed by atoms with Crippen LogP contribution in [0.1, 0.15) is 48.0 Å². The largest absolute Gasteiger partial charge is 0.463 e. The van der Waals surface area contributed by atoms with E-state index in [1.165, 1.54) is 12.1 Å². The van der Waals surface area contributed by atoms with Crippen molar-refractivity contribution in [3.63, 3.8) is 0 Å². The first kappa shape index (κ1) is 12.4. The van der Waals surface area contributed by atoms with Crippen LogP contribution in [0.2, 0.25) is 0 Å². The van der Waals surface area contributed by atoms with E-state index in [1.54, 1.807) is 13.0 Å². The number of benzene rings is 1. The number of aryl methyl sites for hydroxylation is 1. The highest BCUT2D eigenvalue weighted by atomic mass is 19.1. The van der Waals surface area contributed by atoms with Gasteiger partial charge in [-0.25, -0.2) is 4.39 Å². The fraction of sp³-hybridized carbons (Fsp3) is 0.375. The van der Waals surface area contributed by atoms with Gasteiger partial charge in [-0.05, 0) is 54.7 Å². The second kappa shape index (κ2) is 4.49. The summed E-state index contributed by atoms with van der Waals surface area (Å²) in [6.07, 6.45) is 0.321. The van der Waals surface area contributed by atoms with Crippen LogP contribution in [0.15, 0.2) is 34.7 Å². The Kier molecular flexibility index (Phi) is 2.94. The van der Waals surface area contributed by atoms with Crippen LogP contribution in [0.5, 0.6) is 0 Å². The molecule has 1 heterocycles. The summed E-state index contributed by atoms with van der Waals surface area (Å²) in [4.78, 5) is 0. The molecule has 100 valence electrons. The van der Waals surface area contributed by atoms with Gasteiger partial charge in [0.2, 0.25) is 0 Å². The number of aliphatic hydroxyl groups is 1. The van der Waals surface area contributed by atoms with Gasteiger partial charge in [0.25, 0.3) is 0 Å². The van der Waals surface area contributed by atoms with Crippen LogP contribution in [-0.4, -0.2) is 5.11 Å². The lowest BCUT2D eigenvalue weighted by Crippen LogP contribution is -2.01. The van der Waals surface area contributed by atoms with E-state index in [0.717, 1.165) is 17.7 Å². The van der Waals surface area contributed by atoms with E-state index in [4.69, 9.17) is 4.42 Å². The van der Waals surface area contributed by atoms with E-state index >= 15 is 0 Å². The van der Waals surface area contributed by atoms with Gasteiger partial charge < -0.3 is 9.52 Å². The summed E-state index contributed by atoms with van der Waals surface area (Å²) in [5, 5.41) is 10.3. The fourth-order valence-corrected chi connectivity index (χ4v) is 2.53. The highest BCUT2D eigenvalue weighted by Gasteiger charge is 2.37. The van der Waals surface area contributed by atoms with Gasteiger partial charge in [0.1, 0.15) is 23.4 Å². The van der Waals surface area contributed by atoms with E-state index in [1.807, 2.05) is 12.1 Å². The summed E-state index contributed by atoms with van der Waals surface area (Å²) in [5.74, 6) is 2.35. The predicted octanol–water partition coefficient (Wildman–Crippen LogP) is 3.93. The van der Waals surface area contributed by atoms with Gasteiger partial charge in [-0.15, -0.1) is 0 Å². The summed E-state index contributed by atoms with van der Waals surface area (Å²) >= 11 is 0. The van der Waals surface area contributed by atoms with E-state index in [-0.39, 0.29) is 5.82 Å². The third kappa shape index (κ3) is 2.30. The Bertz CT molecular complexity index is 603. The highest BCUT2D eigenvalue weighted by molar-refractivity contribution is 5.33. The minimum absolute atomic E-state index is 0.291. The van der Waals surface area contributed by atoms with Crippen LogP contribution >= 0.6 is 0 Å². The Morgan fingerprint density at radius 3 is 2.68 bits per heavy atom. The number of hydrogen-bond acceptors (Lipinski definition) is 2. The zero-order valence-electron chi connectivity index (χ0n) is 11.1. The molecule has 0 aliphatic heterocycles. The van der Waals surface area contributed by atoms with Gasteiger partial charge >= 0.3 is 0 Å². The van der Waals surface area contributed by atoms with Gasteiger partial charge in [-0.3, -0.25) is 0 Å². The van der Waals surface area contributed by atoms with Crippen LogP contribution in [0.4, 0.5) is 4.39 Å². The molecular weight excluding hydrogens is 243 g/mol. The molecule has 0 spiro atoms. The molecule has 1 aromatic heterocycles. The average molecular weight is 260 g/mol. The highest BCUT2D eigenvalue weighted by Crippen LogP contribution is 2.47. The molecule has 1 fully saturated rings. The minimum atomic E-state index is -0.830. The third-order valence-corrected chi connectivity index (χ3v) is 3.92. The number of furan rings is 1. The molecule has 1 saturated carbocycles. The quantitative estimate of drug-likeness (QED) is 0.907. The number of halogens is 1. The average Bonchev–Trinajstić information content (AvgIpc) is 2.91. The zero-order chi connectivity index (χ0) is 13.6. The van der Waals surface area contributed by atoms with Crippen molar-refractivity contribution in [3.05, 3.63) is 58.8 Å². The Morgan fingerprint density at radius 2 is 2.05 bits per heavy atom. The Labute approximate surface area is 111 Å². The Hall–Kier alpha value is -1.61. The monoisotopic (exact) mass is 260 g/mol. The molecule has 0 bridgehead atoms.